The van der Waals surface area contributed by atoms with E-state index in [4.69, 9.17) is 0 Å². The van der Waals surface area contributed by atoms with Crippen LogP contribution in [0.1, 0.15) is 39.0 Å². The Labute approximate surface area is 126 Å². The number of rotatable bonds is 5. The normalized spacial score (nSPS) is 18.1. The van der Waals surface area contributed by atoms with Gasteiger partial charge in [0.2, 0.25) is 15.9 Å². The molecule has 1 amide bonds. The van der Waals surface area contributed by atoms with Crippen molar-refractivity contribution in [3.63, 3.8) is 0 Å². The maximum Gasteiger partial charge on any atom is 0.241 e. The van der Waals surface area contributed by atoms with Crippen LogP contribution in [-0.4, -0.2) is 26.4 Å². The fourth-order valence-corrected chi connectivity index (χ4v) is 3.75. The Kier molecular flexibility index (Phi) is 5.36. The van der Waals surface area contributed by atoms with Crippen molar-refractivity contribution in [2.24, 2.45) is 0 Å². The molecule has 1 saturated carbocycles. The van der Waals surface area contributed by atoms with Gasteiger partial charge >= 0.3 is 0 Å². The fourth-order valence-electron chi connectivity index (χ4n) is 2.53. The molecular formula is C15H22N2O3S. The maximum atomic E-state index is 12.1. The summed E-state index contributed by atoms with van der Waals surface area (Å²) < 4.78 is 26.7. The lowest BCUT2D eigenvalue weighted by Crippen LogP contribution is -2.48. The molecule has 21 heavy (non-hydrogen) atoms. The SMILES string of the molecule is CC(NS(=O)(=O)c1ccccc1)C(=O)NC1CCCCC1. The Morgan fingerprint density at radius 3 is 2.38 bits per heavy atom. The van der Waals surface area contributed by atoms with Gasteiger partial charge in [-0.2, -0.15) is 4.72 Å². The fraction of sp³-hybridized carbons (Fsp3) is 0.533. The number of amides is 1. The second-order valence-electron chi connectivity index (χ2n) is 5.50. The monoisotopic (exact) mass is 310 g/mol. The average molecular weight is 310 g/mol. The van der Waals surface area contributed by atoms with Crippen LogP contribution >= 0.6 is 0 Å². The summed E-state index contributed by atoms with van der Waals surface area (Å²) in [6, 6.07) is 7.47. The summed E-state index contributed by atoms with van der Waals surface area (Å²) in [7, 11) is -3.66. The molecule has 1 aromatic carbocycles. The predicted molar refractivity (Wildman–Crippen MR) is 81.2 cm³/mol. The van der Waals surface area contributed by atoms with Gasteiger partial charge in [0.15, 0.2) is 0 Å². The van der Waals surface area contributed by atoms with Crippen LogP contribution in [0.5, 0.6) is 0 Å². The Balaban J connectivity index is 1.93. The molecule has 1 aliphatic carbocycles. The minimum Gasteiger partial charge on any atom is -0.352 e. The zero-order valence-corrected chi connectivity index (χ0v) is 13.0. The molecule has 2 rings (SSSR count). The van der Waals surface area contributed by atoms with Gasteiger partial charge in [0.1, 0.15) is 0 Å². The van der Waals surface area contributed by atoms with Gasteiger partial charge in [0.25, 0.3) is 0 Å². The molecular weight excluding hydrogens is 288 g/mol. The average Bonchev–Trinajstić information content (AvgIpc) is 2.48. The molecule has 2 N–H and O–H groups in total. The highest BCUT2D eigenvalue weighted by Gasteiger charge is 2.24. The first-order valence-corrected chi connectivity index (χ1v) is 8.85. The molecule has 0 aliphatic heterocycles. The number of carbonyl (C=O) groups excluding carboxylic acids is 1. The smallest absolute Gasteiger partial charge is 0.241 e. The molecule has 0 radical (unpaired) electrons. The first-order valence-electron chi connectivity index (χ1n) is 7.37. The van der Waals surface area contributed by atoms with E-state index in [9.17, 15) is 13.2 Å². The lowest BCUT2D eigenvalue weighted by atomic mass is 9.95. The summed E-state index contributed by atoms with van der Waals surface area (Å²) in [6.45, 7) is 1.57. The van der Waals surface area contributed by atoms with Gasteiger partial charge in [-0.3, -0.25) is 4.79 Å². The molecule has 0 heterocycles. The summed E-state index contributed by atoms with van der Waals surface area (Å²) >= 11 is 0. The van der Waals surface area contributed by atoms with Gasteiger partial charge < -0.3 is 5.32 Å². The van der Waals surface area contributed by atoms with Crippen molar-refractivity contribution >= 4 is 15.9 Å². The van der Waals surface area contributed by atoms with Crippen LogP contribution in [0.25, 0.3) is 0 Å². The van der Waals surface area contributed by atoms with Crippen molar-refractivity contribution in [1.29, 1.82) is 0 Å². The van der Waals surface area contributed by atoms with Crippen molar-refractivity contribution in [2.45, 2.75) is 56.0 Å². The Morgan fingerprint density at radius 2 is 1.76 bits per heavy atom. The van der Waals surface area contributed by atoms with Gasteiger partial charge in [0, 0.05) is 6.04 Å². The molecule has 0 aromatic heterocycles. The van der Waals surface area contributed by atoms with E-state index in [1.807, 2.05) is 0 Å². The quantitative estimate of drug-likeness (QED) is 0.871. The van der Waals surface area contributed by atoms with E-state index < -0.39 is 16.1 Å². The molecule has 1 fully saturated rings. The molecule has 116 valence electrons. The number of benzene rings is 1. The van der Waals surface area contributed by atoms with E-state index in [2.05, 4.69) is 10.0 Å². The molecule has 0 bridgehead atoms. The topological polar surface area (TPSA) is 75.3 Å². The summed E-state index contributed by atoms with van der Waals surface area (Å²) in [6.07, 6.45) is 5.40. The molecule has 1 atom stereocenters. The van der Waals surface area contributed by atoms with E-state index in [0.29, 0.717) is 0 Å². The Bertz CT molecular complexity index is 566. The van der Waals surface area contributed by atoms with Gasteiger partial charge in [-0.1, -0.05) is 37.5 Å². The summed E-state index contributed by atoms with van der Waals surface area (Å²) in [5.74, 6) is -0.263. The van der Waals surface area contributed by atoms with Crippen LogP contribution in [0.2, 0.25) is 0 Å². The zero-order valence-electron chi connectivity index (χ0n) is 12.2. The summed E-state index contributed by atoms with van der Waals surface area (Å²) in [5.41, 5.74) is 0. The summed E-state index contributed by atoms with van der Waals surface area (Å²) in [5, 5.41) is 2.93. The number of nitrogens with one attached hydrogen (secondary N) is 2. The number of sulfonamides is 1. The molecule has 6 heteroatoms. The number of hydrogen-bond donors (Lipinski definition) is 2. The van der Waals surface area contributed by atoms with E-state index in [0.717, 1.165) is 25.7 Å². The largest absolute Gasteiger partial charge is 0.352 e. The van der Waals surface area contributed by atoms with Crippen LogP contribution < -0.4 is 10.0 Å². The molecule has 0 saturated heterocycles. The van der Waals surface area contributed by atoms with Crippen molar-refractivity contribution in [3.8, 4) is 0 Å². The van der Waals surface area contributed by atoms with Gasteiger partial charge in [0.05, 0.1) is 10.9 Å². The predicted octanol–water partition coefficient (Wildman–Crippen LogP) is 1.80. The van der Waals surface area contributed by atoms with Crippen LogP contribution in [0.15, 0.2) is 35.2 Å². The maximum absolute atomic E-state index is 12.1. The van der Waals surface area contributed by atoms with Crippen molar-refractivity contribution < 1.29 is 13.2 Å². The van der Waals surface area contributed by atoms with Crippen molar-refractivity contribution in [3.05, 3.63) is 30.3 Å². The van der Waals surface area contributed by atoms with E-state index >= 15 is 0 Å². The minimum atomic E-state index is -3.66. The van der Waals surface area contributed by atoms with E-state index in [1.54, 1.807) is 25.1 Å². The Hall–Kier alpha value is -1.40. The van der Waals surface area contributed by atoms with Crippen LogP contribution in [0.4, 0.5) is 0 Å². The van der Waals surface area contributed by atoms with Crippen LogP contribution in [0, 0.1) is 0 Å². The third-order valence-corrected chi connectivity index (χ3v) is 5.29. The lowest BCUT2D eigenvalue weighted by molar-refractivity contribution is -0.123. The van der Waals surface area contributed by atoms with E-state index in [-0.39, 0.29) is 16.8 Å². The number of hydrogen-bond acceptors (Lipinski definition) is 3. The zero-order chi connectivity index (χ0) is 15.3. The third-order valence-electron chi connectivity index (χ3n) is 3.73. The highest BCUT2D eigenvalue weighted by molar-refractivity contribution is 7.89. The molecule has 0 spiro atoms. The standard InChI is InChI=1S/C15H22N2O3S/c1-12(15(18)16-13-8-4-2-5-9-13)17-21(19,20)14-10-6-3-7-11-14/h3,6-7,10-13,17H,2,4-5,8-9H2,1H3,(H,16,18). The summed E-state index contributed by atoms with van der Waals surface area (Å²) in [4.78, 5) is 12.3. The van der Waals surface area contributed by atoms with Crippen LogP contribution in [0.3, 0.4) is 0 Å². The number of carbonyl (C=O) groups is 1. The van der Waals surface area contributed by atoms with Gasteiger partial charge in [-0.25, -0.2) is 8.42 Å². The molecule has 1 unspecified atom stereocenters. The highest BCUT2D eigenvalue weighted by atomic mass is 32.2. The van der Waals surface area contributed by atoms with Crippen molar-refractivity contribution in [1.82, 2.24) is 10.0 Å². The van der Waals surface area contributed by atoms with Crippen molar-refractivity contribution in [2.75, 3.05) is 0 Å². The Morgan fingerprint density at radius 1 is 1.14 bits per heavy atom. The molecule has 1 aromatic rings. The second-order valence-corrected chi connectivity index (χ2v) is 7.21. The lowest BCUT2D eigenvalue weighted by Gasteiger charge is -2.24. The molecule has 5 nitrogen and oxygen atoms in total. The van der Waals surface area contributed by atoms with Gasteiger partial charge in [-0.15, -0.1) is 0 Å². The first-order chi connectivity index (χ1) is 9.99. The highest BCUT2D eigenvalue weighted by Crippen LogP contribution is 2.17. The second kappa shape index (κ2) is 7.04. The molecule has 1 aliphatic rings. The minimum absolute atomic E-state index is 0.169. The van der Waals surface area contributed by atoms with Crippen LogP contribution in [-0.2, 0) is 14.8 Å². The first kappa shape index (κ1) is 16.0. The van der Waals surface area contributed by atoms with Gasteiger partial charge in [-0.05, 0) is 31.9 Å². The van der Waals surface area contributed by atoms with E-state index in [1.165, 1.54) is 18.6 Å². The third kappa shape index (κ3) is 4.54.